The molecule has 2 nitrogen and oxygen atoms in total. The Morgan fingerprint density at radius 1 is 1.24 bits per heavy atom. The van der Waals surface area contributed by atoms with Gasteiger partial charge in [-0.05, 0) is 31.9 Å². The lowest BCUT2D eigenvalue weighted by molar-refractivity contribution is -0.121. The number of aryl methyl sites for hydroxylation is 1. The second-order valence-corrected chi connectivity index (χ2v) is 4.58. The lowest BCUT2D eigenvalue weighted by Crippen LogP contribution is -2.33. The third kappa shape index (κ3) is 1.84. The second kappa shape index (κ2) is 4.47. The molecule has 0 fully saturated rings. The molecule has 0 aliphatic carbocycles. The number of amides is 1. The van der Waals surface area contributed by atoms with Crippen LogP contribution < -0.4 is 4.90 Å². The molecule has 0 spiro atoms. The number of halogens is 1. The fourth-order valence-electron chi connectivity index (χ4n) is 2.13. The highest BCUT2D eigenvalue weighted by molar-refractivity contribution is 6.07. The minimum atomic E-state index is -0.612. The zero-order valence-electron chi connectivity index (χ0n) is 11.4. The summed E-state index contributed by atoms with van der Waals surface area (Å²) in [5.41, 5.74) is 1.17. The van der Waals surface area contributed by atoms with Gasteiger partial charge in [0, 0.05) is 7.05 Å². The fraction of sp³-hybridized carbons (Fsp3) is 0.500. The summed E-state index contributed by atoms with van der Waals surface area (Å²) in [6, 6.07) is 3.57. The van der Waals surface area contributed by atoms with E-state index in [0.717, 1.165) is 5.56 Å². The van der Waals surface area contributed by atoms with Crippen molar-refractivity contribution in [2.24, 2.45) is 0 Å². The summed E-state index contributed by atoms with van der Waals surface area (Å²) in [6.45, 7) is 9.36. The first kappa shape index (κ1) is 13.7. The quantitative estimate of drug-likeness (QED) is 0.677. The first-order chi connectivity index (χ1) is 7.87. The predicted molar refractivity (Wildman–Crippen MR) is 68.9 cm³/mol. The molecule has 0 N–H and O–H groups in total. The standard InChI is InChI=1S/C12H14FNO.C2H6/c1-7-5-6-8-10(9(7)13)14(4)11(15)12(8,2)3;1-2/h5-6H,1-4H3;1-2H3. The molecule has 3 heteroatoms. The van der Waals surface area contributed by atoms with E-state index < -0.39 is 5.41 Å². The minimum Gasteiger partial charge on any atom is -0.312 e. The van der Waals surface area contributed by atoms with Crippen LogP contribution in [0.2, 0.25) is 0 Å². The van der Waals surface area contributed by atoms with Crippen molar-refractivity contribution in [2.45, 2.75) is 40.0 Å². The van der Waals surface area contributed by atoms with Gasteiger partial charge in [0.1, 0.15) is 5.82 Å². The summed E-state index contributed by atoms with van der Waals surface area (Å²) < 4.78 is 13.9. The molecule has 0 radical (unpaired) electrons. The van der Waals surface area contributed by atoms with Gasteiger partial charge in [-0.2, -0.15) is 0 Å². The maximum atomic E-state index is 13.9. The smallest absolute Gasteiger partial charge is 0.236 e. The zero-order chi connectivity index (χ0) is 13.4. The Labute approximate surface area is 102 Å². The van der Waals surface area contributed by atoms with Gasteiger partial charge in [-0.1, -0.05) is 26.0 Å². The van der Waals surface area contributed by atoms with Gasteiger partial charge in [-0.3, -0.25) is 4.79 Å². The first-order valence-electron chi connectivity index (χ1n) is 5.95. The molecular weight excluding hydrogens is 217 g/mol. The van der Waals surface area contributed by atoms with E-state index in [9.17, 15) is 9.18 Å². The molecule has 17 heavy (non-hydrogen) atoms. The number of carbonyl (C=O) groups excluding carboxylic acids is 1. The first-order valence-corrected chi connectivity index (χ1v) is 5.95. The van der Waals surface area contributed by atoms with Crippen LogP contribution in [0.15, 0.2) is 12.1 Å². The molecule has 0 saturated heterocycles. The highest BCUT2D eigenvalue weighted by Gasteiger charge is 2.43. The Kier molecular flexibility index (Phi) is 3.60. The van der Waals surface area contributed by atoms with Crippen molar-refractivity contribution in [1.82, 2.24) is 0 Å². The van der Waals surface area contributed by atoms with Crippen molar-refractivity contribution in [3.63, 3.8) is 0 Å². The van der Waals surface area contributed by atoms with E-state index in [1.165, 1.54) is 4.90 Å². The van der Waals surface area contributed by atoms with E-state index in [4.69, 9.17) is 0 Å². The number of benzene rings is 1. The van der Waals surface area contributed by atoms with E-state index in [1.54, 1.807) is 20.0 Å². The van der Waals surface area contributed by atoms with Crippen LogP contribution in [-0.4, -0.2) is 13.0 Å². The summed E-state index contributed by atoms with van der Waals surface area (Å²) >= 11 is 0. The fourth-order valence-corrected chi connectivity index (χ4v) is 2.13. The maximum Gasteiger partial charge on any atom is 0.236 e. The SMILES string of the molecule is CC.Cc1ccc2c(c1F)N(C)C(=O)C2(C)C. The normalized spacial score (nSPS) is 16.4. The van der Waals surface area contributed by atoms with E-state index in [1.807, 2.05) is 33.8 Å². The molecule has 94 valence electrons. The third-order valence-electron chi connectivity index (χ3n) is 3.16. The van der Waals surface area contributed by atoms with Gasteiger partial charge in [0.25, 0.3) is 0 Å². The molecule has 0 saturated carbocycles. The number of hydrogen-bond donors (Lipinski definition) is 0. The van der Waals surface area contributed by atoms with Crippen LogP contribution in [0.25, 0.3) is 0 Å². The van der Waals surface area contributed by atoms with Gasteiger partial charge in [0.15, 0.2) is 0 Å². The lowest BCUT2D eigenvalue weighted by atomic mass is 9.86. The molecule has 1 aromatic carbocycles. The van der Waals surface area contributed by atoms with Crippen LogP contribution in [-0.2, 0) is 10.2 Å². The number of nitrogens with zero attached hydrogens (tertiary/aromatic N) is 1. The molecule has 1 aliphatic heterocycles. The zero-order valence-corrected chi connectivity index (χ0v) is 11.4. The molecule has 0 aromatic heterocycles. The van der Waals surface area contributed by atoms with Crippen LogP contribution in [0.4, 0.5) is 10.1 Å². The highest BCUT2D eigenvalue weighted by Crippen LogP contribution is 2.42. The molecule has 0 unspecified atom stereocenters. The average Bonchev–Trinajstić information content (AvgIpc) is 2.48. The molecule has 1 amide bonds. The van der Waals surface area contributed by atoms with Crippen molar-refractivity contribution < 1.29 is 9.18 Å². The van der Waals surface area contributed by atoms with E-state index in [0.29, 0.717) is 11.3 Å². The number of likely N-dealkylation sites (N-methyl/N-ethyl adjacent to an activating group) is 1. The Balaban J connectivity index is 0.000000686. The van der Waals surface area contributed by atoms with Crippen LogP contribution in [0.1, 0.15) is 38.8 Å². The second-order valence-electron chi connectivity index (χ2n) is 4.58. The summed E-state index contributed by atoms with van der Waals surface area (Å²) in [7, 11) is 1.62. The van der Waals surface area contributed by atoms with Gasteiger partial charge in [-0.25, -0.2) is 4.39 Å². The highest BCUT2D eigenvalue weighted by atomic mass is 19.1. The molecule has 2 rings (SSSR count). The summed E-state index contributed by atoms with van der Waals surface area (Å²) in [5.74, 6) is -0.337. The number of fused-ring (bicyclic) bond motifs is 1. The molecule has 1 aromatic rings. The molecule has 1 aliphatic rings. The van der Waals surface area contributed by atoms with Gasteiger partial charge in [0.2, 0.25) is 5.91 Å². The Morgan fingerprint density at radius 2 is 1.76 bits per heavy atom. The van der Waals surface area contributed by atoms with Crippen LogP contribution in [0.3, 0.4) is 0 Å². The number of hydrogen-bond acceptors (Lipinski definition) is 1. The topological polar surface area (TPSA) is 20.3 Å². The van der Waals surface area contributed by atoms with Crippen LogP contribution >= 0.6 is 0 Å². The van der Waals surface area contributed by atoms with Gasteiger partial charge < -0.3 is 4.90 Å². The van der Waals surface area contributed by atoms with Crippen molar-refractivity contribution in [3.05, 3.63) is 29.1 Å². The summed E-state index contributed by atoms with van der Waals surface area (Å²) in [6.07, 6.45) is 0. The Morgan fingerprint density at radius 3 is 2.29 bits per heavy atom. The van der Waals surface area contributed by atoms with Gasteiger partial charge in [0.05, 0.1) is 11.1 Å². The van der Waals surface area contributed by atoms with E-state index in [-0.39, 0.29) is 11.7 Å². The van der Waals surface area contributed by atoms with Crippen LogP contribution in [0.5, 0.6) is 0 Å². The van der Waals surface area contributed by atoms with Gasteiger partial charge in [-0.15, -0.1) is 0 Å². The minimum absolute atomic E-state index is 0.0537. The Hall–Kier alpha value is -1.38. The molecule has 1 heterocycles. The predicted octanol–water partition coefficient (Wildman–Crippen LogP) is 3.41. The molecular formula is C14H20FNO. The van der Waals surface area contributed by atoms with E-state index >= 15 is 0 Å². The Bertz CT molecular complexity index is 452. The number of anilines is 1. The van der Waals surface area contributed by atoms with E-state index in [2.05, 4.69) is 0 Å². The molecule has 0 atom stereocenters. The largest absolute Gasteiger partial charge is 0.312 e. The number of rotatable bonds is 0. The average molecular weight is 237 g/mol. The van der Waals surface area contributed by atoms with Crippen molar-refractivity contribution in [1.29, 1.82) is 0 Å². The number of carbonyl (C=O) groups is 1. The van der Waals surface area contributed by atoms with Crippen molar-refractivity contribution >= 4 is 11.6 Å². The third-order valence-corrected chi connectivity index (χ3v) is 3.16. The maximum absolute atomic E-state index is 13.9. The summed E-state index contributed by atoms with van der Waals surface area (Å²) in [4.78, 5) is 13.3. The summed E-state index contributed by atoms with van der Waals surface area (Å²) in [5, 5.41) is 0. The van der Waals surface area contributed by atoms with Gasteiger partial charge >= 0.3 is 0 Å². The monoisotopic (exact) mass is 237 g/mol. The lowest BCUT2D eigenvalue weighted by Gasteiger charge is -2.16. The molecule has 0 bridgehead atoms. The van der Waals surface area contributed by atoms with Crippen LogP contribution in [0, 0.1) is 12.7 Å². The van der Waals surface area contributed by atoms with Crippen molar-refractivity contribution in [2.75, 3.05) is 11.9 Å². The van der Waals surface area contributed by atoms with Crippen molar-refractivity contribution in [3.8, 4) is 0 Å².